The highest BCUT2D eigenvalue weighted by molar-refractivity contribution is 4.96. The Morgan fingerprint density at radius 1 is 1.38 bits per heavy atom. The molecule has 0 aromatic rings. The highest BCUT2D eigenvalue weighted by Gasteiger charge is 2.39. The lowest BCUT2D eigenvalue weighted by Crippen LogP contribution is -2.59. The van der Waals surface area contributed by atoms with Gasteiger partial charge < -0.3 is 10.5 Å². The van der Waals surface area contributed by atoms with Crippen molar-refractivity contribution in [2.24, 2.45) is 11.7 Å². The second kappa shape index (κ2) is 7.91. The molecule has 124 valence electrons. The Balaban J connectivity index is 2.00. The molecule has 2 fully saturated rings. The molecule has 1 aliphatic heterocycles. The van der Waals surface area contributed by atoms with Crippen LogP contribution in [0.2, 0.25) is 0 Å². The van der Waals surface area contributed by atoms with Crippen LogP contribution in [-0.4, -0.2) is 67.3 Å². The molecule has 1 aliphatic carbocycles. The molecule has 4 heteroatoms. The topological polar surface area (TPSA) is 41.7 Å². The summed E-state index contributed by atoms with van der Waals surface area (Å²) >= 11 is 0. The van der Waals surface area contributed by atoms with Crippen LogP contribution in [0.25, 0.3) is 0 Å². The van der Waals surface area contributed by atoms with Gasteiger partial charge in [-0.1, -0.05) is 33.6 Å². The molecule has 2 rings (SSSR count). The van der Waals surface area contributed by atoms with Gasteiger partial charge in [-0.3, -0.25) is 9.80 Å². The van der Waals surface area contributed by atoms with Crippen LogP contribution in [0, 0.1) is 5.92 Å². The van der Waals surface area contributed by atoms with E-state index in [4.69, 9.17) is 10.5 Å². The van der Waals surface area contributed by atoms with E-state index in [0.29, 0.717) is 6.10 Å². The number of hydrogen-bond acceptors (Lipinski definition) is 4. The summed E-state index contributed by atoms with van der Waals surface area (Å²) in [6.45, 7) is 14.0. The van der Waals surface area contributed by atoms with Crippen molar-refractivity contribution in [2.75, 3.05) is 45.9 Å². The van der Waals surface area contributed by atoms with E-state index >= 15 is 0 Å². The molecule has 0 bridgehead atoms. The Morgan fingerprint density at radius 2 is 2.19 bits per heavy atom. The van der Waals surface area contributed by atoms with Crippen molar-refractivity contribution in [1.82, 2.24) is 9.80 Å². The molecule has 0 aromatic heterocycles. The Kier molecular flexibility index (Phi) is 6.48. The van der Waals surface area contributed by atoms with Crippen LogP contribution >= 0.6 is 0 Å². The highest BCUT2D eigenvalue weighted by Crippen LogP contribution is 2.36. The first kappa shape index (κ1) is 17.2. The maximum absolute atomic E-state index is 6.24. The molecule has 3 atom stereocenters. The van der Waals surface area contributed by atoms with Crippen molar-refractivity contribution in [3.63, 3.8) is 0 Å². The third kappa shape index (κ3) is 4.19. The Bertz CT molecular complexity index is 312. The summed E-state index contributed by atoms with van der Waals surface area (Å²) in [5.74, 6) is 0.802. The summed E-state index contributed by atoms with van der Waals surface area (Å²) in [6.07, 6.45) is 5.54. The van der Waals surface area contributed by atoms with Crippen molar-refractivity contribution >= 4 is 0 Å². The number of hydrogen-bond donors (Lipinski definition) is 1. The fourth-order valence-corrected chi connectivity index (χ4v) is 4.32. The van der Waals surface area contributed by atoms with Gasteiger partial charge in [0.15, 0.2) is 0 Å². The van der Waals surface area contributed by atoms with Crippen molar-refractivity contribution < 1.29 is 4.74 Å². The van der Waals surface area contributed by atoms with Crippen molar-refractivity contribution in [2.45, 2.75) is 58.1 Å². The Morgan fingerprint density at radius 3 is 2.81 bits per heavy atom. The van der Waals surface area contributed by atoms with Crippen molar-refractivity contribution in [1.29, 1.82) is 0 Å². The first-order chi connectivity index (χ1) is 10.1. The van der Waals surface area contributed by atoms with Crippen LogP contribution in [0.3, 0.4) is 0 Å². The molecule has 2 aliphatic rings. The molecule has 21 heavy (non-hydrogen) atoms. The minimum Gasteiger partial charge on any atom is -0.374 e. The van der Waals surface area contributed by atoms with Gasteiger partial charge >= 0.3 is 0 Å². The molecule has 0 spiro atoms. The van der Waals surface area contributed by atoms with Gasteiger partial charge in [-0.15, -0.1) is 0 Å². The van der Waals surface area contributed by atoms with Crippen LogP contribution < -0.4 is 5.73 Å². The van der Waals surface area contributed by atoms with E-state index in [1.165, 1.54) is 25.7 Å². The Labute approximate surface area is 131 Å². The molecule has 0 aromatic carbocycles. The predicted octanol–water partition coefficient (Wildman–Crippen LogP) is 1.94. The smallest absolute Gasteiger partial charge is 0.0829 e. The average molecular weight is 297 g/mol. The second-order valence-corrected chi connectivity index (χ2v) is 7.05. The summed E-state index contributed by atoms with van der Waals surface area (Å²) in [6, 6.07) is 0. The zero-order valence-corrected chi connectivity index (χ0v) is 14.3. The Hall–Kier alpha value is -0.160. The maximum Gasteiger partial charge on any atom is 0.0829 e. The van der Waals surface area contributed by atoms with Gasteiger partial charge in [-0.05, 0) is 31.8 Å². The van der Waals surface area contributed by atoms with Crippen LogP contribution in [0.5, 0.6) is 0 Å². The first-order valence-electron chi connectivity index (χ1n) is 8.92. The highest BCUT2D eigenvalue weighted by atomic mass is 16.5. The maximum atomic E-state index is 6.24. The first-order valence-corrected chi connectivity index (χ1v) is 8.92. The number of ether oxygens (including phenoxy) is 1. The van der Waals surface area contributed by atoms with E-state index in [-0.39, 0.29) is 5.54 Å². The van der Waals surface area contributed by atoms with Crippen LogP contribution in [0.1, 0.15) is 46.5 Å². The van der Waals surface area contributed by atoms with Crippen molar-refractivity contribution in [3.8, 4) is 0 Å². The normalized spacial score (nSPS) is 35.3. The molecule has 4 nitrogen and oxygen atoms in total. The minimum atomic E-state index is 0.213. The lowest BCUT2D eigenvalue weighted by molar-refractivity contribution is -0.0653. The summed E-state index contributed by atoms with van der Waals surface area (Å²) < 4.78 is 6.03. The molecular formula is C17H35N3O. The largest absolute Gasteiger partial charge is 0.374 e. The van der Waals surface area contributed by atoms with Gasteiger partial charge in [-0.2, -0.15) is 0 Å². The van der Waals surface area contributed by atoms with Crippen molar-refractivity contribution in [3.05, 3.63) is 0 Å². The van der Waals surface area contributed by atoms with E-state index in [9.17, 15) is 0 Å². The molecule has 1 heterocycles. The van der Waals surface area contributed by atoms with Gasteiger partial charge in [0.05, 0.1) is 12.7 Å². The fraction of sp³-hybridized carbons (Fsp3) is 1.00. The third-order valence-electron chi connectivity index (χ3n) is 5.59. The molecule has 0 amide bonds. The quantitative estimate of drug-likeness (QED) is 0.813. The van der Waals surface area contributed by atoms with E-state index < -0.39 is 0 Å². The van der Waals surface area contributed by atoms with Crippen LogP contribution in [0.15, 0.2) is 0 Å². The lowest BCUT2D eigenvalue weighted by atomic mass is 9.75. The van der Waals surface area contributed by atoms with E-state index in [1.807, 2.05) is 0 Å². The number of rotatable bonds is 6. The molecule has 0 radical (unpaired) electrons. The van der Waals surface area contributed by atoms with Gasteiger partial charge in [-0.25, -0.2) is 0 Å². The van der Waals surface area contributed by atoms with Gasteiger partial charge in [0.2, 0.25) is 0 Å². The van der Waals surface area contributed by atoms with E-state index in [0.717, 1.165) is 51.8 Å². The van der Waals surface area contributed by atoms with Gasteiger partial charge in [0, 0.05) is 31.7 Å². The predicted molar refractivity (Wildman–Crippen MR) is 88.5 cm³/mol. The zero-order chi connectivity index (χ0) is 15.3. The summed E-state index contributed by atoms with van der Waals surface area (Å²) in [5.41, 5.74) is 6.46. The number of nitrogens with two attached hydrogens (primary N) is 1. The molecular weight excluding hydrogens is 262 g/mol. The summed E-state index contributed by atoms with van der Waals surface area (Å²) in [7, 11) is 0. The van der Waals surface area contributed by atoms with Gasteiger partial charge in [0.25, 0.3) is 0 Å². The standard InChI is InChI=1S/C17H35N3O/c1-4-19-9-10-21-16(12-19)13-20(5-2)17(14-18)8-6-7-15(3)11-17/h15-16H,4-14,18H2,1-3H3. The van der Waals surface area contributed by atoms with Gasteiger partial charge in [0.1, 0.15) is 0 Å². The third-order valence-corrected chi connectivity index (χ3v) is 5.59. The fourth-order valence-electron chi connectivity index (χ4n) is 4.32. The minimum absolute atomic E-state index is 0.213. The molecule has 3 unspecified atom stereocenters. The molecule has 1 saturated carbocycles. The molecule has 1 saturated heterocycles. The van der Waals surface area contributed by atoms with Crippen LogP contribution in [-0.2, 0) is 4.74 Å². The number of likely N-dealkylation sites (N-methyl/N-ethyl adjacent to an activating group) is 2. The number of nitrogens with zero attached hydrogens (tertiary/aromatic N) is 2. The summed E-state index contributed by atoms with van der Waals surface area (Å²) in [5, 5.41) is 0. The lowest BCUT2D eigenvalue weighted by Gasteiger charge is -2.49. The zero-order valence-electron chi connectivity index (χ0n) is 14.3. The second-order valence-electron chi connectivity index (χ2n) is 7.05. The van der Waals surface area contributed by atoms with Crippen LogP contribution in [0.4, 0.5) is 0 Å². The average Bonchev–Trinajstić information content (AvgIpc) is 2.52. The SMILES string of the molecule is CCN1CCOC(CN(CC)C2(CN)CCCC(C)C2)C1. The number of morpholine rings is 1. The monoisotopic (exact) mass is 297 g/mol. The molecule has 2 N–H and O–H groups in total. The summed E-state index contributed by atoms with van der Waals surface area (Å²) in [4.78, 5) is 5.13. The van der Waals surface area contributed by atoms with E-state index in [1.54, 1.807) is 0 Å². The van der Waals surface area contributed by atoms with E-state index in [2.05, 4.69) is 30.6 Å².